The van der Waals surface area contributed by atoms with Gasteiger partial charge in [0, 0.05) is 32.7 Å². The van der Waals surface area contributed by atoms with Gasteiger partial charge in [0.15, 0.2) is 0 Å². The average molecular weight is 564 g/mol. The summed E-state index contributed by atoms with van der Waals surface area (Å²) in [6.45, 7) is 4.80. The molecule has 0 saturated carbocycles. The minimum atomic E-state index is -0.911. The predicted molar refractivity (Wildman–Crippen MR) is 160 cm³/mol. The van der Waals surface area contributed by atoms with Gasteiger partial charge in [-0.2, -0.15) is 0 Å². The van der Waals surface area contributed by atoms with Crippen molar-refractivity contribution in [2.45, 2.75) is 57.7 Å². The first-order chi connectivity index (χ1) is 19.5. The molecular weight excluding hydrogens is 518 g/mol. The molecule has 222 valence electrons. The van der Waals surface area contributed by atoms with E-state index in [4.69, 9.17) is 10.5 Å². The summed E-state index contributed by atoms with van der Waals surface area (Å²) in [5.74, 6) is -0.792. The Labute approximate surface area is 244 Å². The van der Waals surface area contributed by atoms with Crippen LogP contribution in [0, 0.1) is 5.41 Å². The number of nitrogens with one attached hydrogen (secondary N) is 2. The van der Waals surface area contributed by atoms with Crippen molar-refractivity contribution in [1.82, 2.24) is 20.7 Å². The number of hydrogen-bond acceptors (Lipinski definition) is 6. The number of piperidine rings is 1. The van der Waals surface area contributed by atoms with Gasteiger partial charge in [-0.05, 0) is 56.7 Å². The van der Waals surface area contributed by atoms with E-state index in [1.165, 1.54) is 6.08 Å². The SMILES string of the molecule is CN(C)NC(=O)C1(Cc2ccccc2)CCCN(C(=O)[C@@H](COCc2ccccc2)NC(=O)/C=C/CC(C)(C)N)C1. The molecule has 0 bridgehead atoms. The van der Waals surface area contributed by atoms with Gasteiger partial charge in [0.2, 0.25) is 17.7 Å². The number of likely N-dealkylation sites (tertiary alicyclic amines) is 1. The standard InChI is InChI=1S/C32H45N5O4/c1-31(2,33)18-11-17-28(38)34-27(23-41-22-26-15-9-6-10-16-26)29(39)37-20-12-19-32(24-37,30(40)35-36(3)4)21-25-13-7-5-8-14-25/h5-11,13-17,27H,12,18-24,33H2,1-4H3,(H,34,38)(H,35,40)/b17-11+/t27-,32?/m1/s1. The molecule has 1 saturated heterocycles. The molecule has 1 aliphatic rings. The molecule has 0 spiro atoms. The van der Waals surface area contributed by atoms with Gasteiger partial charge in [0.05, 0.1) is 18.6 Å². The lowest BCUT2D eigenvalue weighted by molar-refractivity contribution is -0.147. The Morgan fingerprint density at radius 1 is 1.07 bits per heavy atom. The number of hydrazine groups is 1. The topological polar surface area (TPSA) is 117 Å². The molecule has 41 heavy (non-hydrogen) atoms. The molecular formula is C32H45N5O4. The minimum absolute atomic E-state index is 0.00175. The lowest BCUT2D eigenvalue weighted by atomic mass is 9.74. The maximum atomic E-state index is 13.9. The number of nitrogens with two attached hydrogens (primary N) is 1. The number of hydrogen-bond donors (Lipinski definition) is 3. The summed E-state index contributed by atoms with van der Waals surface area (Å²) in [6, 6.07) is 18.6. The van der Waals surface area contributed by atoms with Gasteiger partial charge in [-0.1, -0.05) is 66.7 Å². The third-order valence-electron chi connectivity index (χ3n) is 7.00. The van der Waals surface area contributed by atoms with Gasteiger partial charge in [-0.25, -0.2) is 5.01 Å². The van der Waals surface area contributed by atoms with Gasteiger partial charge >= 0.3 is 0 Å². The number of benzene rings is 2. The number of carbonyl (C=O) groups is 3. The molecule has 3 rings (SSSR count). The van der Waals surface area contributed by atoms with E-state index in [1.54, 1.807) is 30.1 Å². The van der Waals surface area contributed by atoms with Gasteiger partial charge in [-0.15, -0.1) is 0 Å². The van der Waals surface area contributed by atoms with E-state index in [9.17, 15) is 14.4 Å². The van der Waals surface area contributed by atoms with Crippen molar-refractivity contribution >= 4 is 17.7 Å². The van der Waals surface area contributed by atoms with Gasteiger partial charge in [-0.3, -0.25) is 19.8 Å². The average Bonchev–Trinajstić information content (AvgIpc) is 2.92. The predicted octanol–water partition coefficient (Wildman–Crippen LogP) is 2.82. The number of rotatable bonds is 13. The fraction of sp³-hybridized carbons (Fsp3) is 0.469. The van der Waals surface area contributed by atoms with Gasteiger partial charge in [0.25, 0.3) is 0 Å². The number of ether oxygens (including phenoxy) is 1. The van der Waals surface area contributed by atoms with Crippen LogP contribution in [-0.2, 0) is 32.1 Å². The van der Waals surface area contributed by atoms with E-state index in [2.05, 4.69) is 10.7 Å². The maximum Gasteiger partial charge on any atom is 0.247 e. The summed E-state index contributed by atoms with van der Waals surface area (Å²) in [5.41, 5.74) is 9.68. The third kappa shape index (κ3) is 10.4. The van der Waals surface area contributed by atoms with E-state index in [0.29, 0.717) is 38.8 Å². The van der Waals surface area contributed by atoms with Crippen LogP contribution in [0.3, 0.4) is 0 Å². The van der Waals surface area contributed by atoms with Crippen LogP contribution in [0.2, 0.25) is 0 Å². The Kier molecular flexibility index (Phi) is 11.6. The van der Waals surface area contributed by atoms with Gasteiger partial charge < -0.3 is 20.7 Å². The lowest BCUT2D eigenvalue weighted by Crippen LogP contribution is -2.59. The zero-order valence-electron chi connectivity index (χ0n) is 24.8. The Hall–Kier alpha value is -3.53. The molecule has 2 aromatic rings. The molecule has 0 radical (unpaired) electrons. The lowest BCUT2D eigenvalue weighted by Gasteiger charge is -2.43. The zero-order chi connectivity index (χ0) is 29.9. The van der Waals surface area contributed by atoms with Crippen molar-refractivity contribution in [3.8, 4) is 0 Å². The Morgan fingerprint density at radius 2 is 1.71 bits per heavy atom. The van der Waals surface area contributed by atoms with E-state index >= 15 is 0 Å². The molecule has 1 aliphatic heterocycles. The number of carbonyl (C=O) groups excluding carboxylic acids is 3. The molecule has 9 nitrogen and oxygen atoms in total. The molecule has 3 amide bonds. The summed E-state index contributed by atoms with van der Waals surface area (Å²) in [6.07, 6.45) is 5.43. The fourth-order valence-corrected chi connectivity index (χ4v) is 4.99. The highest BCUT2D eigenvalue weighted by Crippen LogP contribution is 2.34. The summed E-state index contributed by atoms with van der Waals surface area (Å²) < 4.78 is 5.91. The molecule has 1 heterocycles. The number of amides is 3. The highest BCUT2D eigenvalue weighted by Gasteiger charge is 2.44. The van der Waals surface area contributed by atoms with Crippen LogP contribution >= 0.6 is 0 Å². The van der Waals surface area contributed by atoms with Gasteiger partial charge in [0.1, 0.15) is 6.04 Å². The van der Waals surface area contributed by atoms with E-state index < -0.39 is 22.9 Å². The molecule has 1 unspecified atom stereocenters. The first-order valence-corrected chi connectivity index (χ1v) is 14.2. The van der Waals surface area contributed by atoms with E-state index in [0.717, 1.165) is 11.1 Å². The first kappa shape index (κ1) is 32.0. The van der Waals surface area contributed by atoms with Crippen molar-refractivity contribution in [2.75, 3.05) is 33.8 Å². The molecule has 0 aromatic heterocycles. The van der Waals surface area contributed by atoms with E-state index in [-0.39, 0.29) is 25.0 Å². The van der Waals surface area contributed by atoms with Crippen LogP contribution < -0.4 is 16.5 Å². The quantitative estimate of drug-likeness (QED) is 0.255. The Bertz CT molecular complexity index is 1160. The normalized spacial score (nSPS) is 18.3. The van der Waals surface area contributed by atoms with Crippen LogP contribution in [0.5, 0.6) is 0 Å². The van der Waals surface area contributed by atoms with Crippen LogP contribution in [0.15, 0.2) is 72.8 Å². The maximum absolute atomic E-state index is 13.9. The second kappa shape index (κ2) is 14.9. The van der Waals surface area contributed by atoms with Crippen LogP contribution in [0.4, 0.5) is 0 Å². The van der Waals surface area contributed by atoms with E-state index in [1.807, 2.05) is 74.5 Å². The fourth-order valence-electron chi connectivity index (χ4n) is 4.99. The number of nitrogens with zero attached hydrogens (tertiary/aromatic N) is 2. The third-order valence-corrected chi connectivity index (χ3v) is 7.00. The molecule has 0 aliphatic carbocycles. The van der Waals surface area contributed by atoms with Crippen molar-refractivity contribution in [1.29, 1.82) is 0 Å². The summed E-state index contributed by atoms with van der Waals surface area (Å²) >= 11 is 0. The van der Waals surface area contributed by atoms with Crippen molar-refractivity contribution in [3.05, 3.63) is 83.9 Å². The van der Waals surface area contributed by atoms with Crippen LogP contribution in [0.1, 0.15) is 44.2 Å². The molecule has 4 N–H and O–H groups in total. The second-order valence-corrected chi connectivity index (χ2v) is 11.8. The minimum Gasteiger partial charge on any atom is -0.374 e. The molecule has 9 heteroatoms. The Balaban J connectivity index is 1.79. The summed E-state index contributed by atoms with van der Waals surface area (Å²) in [4.78, 5) is 42.0. The van der Waals surface area contributed by atoms with Crippen LogP contribution in [0.25, 0.3) is 0 Å². The summed E-state index contributed by atoms with van der Waals surface area (Å²) in [7, 11) is 3.55. The van der Waals surface area contributed by atoms with Crippen molar-refractivity contribution in [2.24, 2.45) is 11.1 Å². The molecule has 2 aromatic carbocycles. The first-order valence-electron chi connectivity index (χ1n) is 14.2. The highest BCUT2D eigenvalue weighted by atomic mass is 16.5. The Morgan fingerprint density at radius 3 is 2.32 bits per heavy atom. The monoisotopic (exact) mass is 563 g/mol. The zero-order valence-corrected chi connectivity index (χ0v) is 24.8. The smallest absolute Gasteiger partial charge is 0.247 e. The second-order valence-electron chi connectivity index (χ2n) is 11.8. The van der Waals surface area contributed by atoms with Crippen molar-refractivity contribution < 1.29 is 19.1 Å². The molecule has 1 fully saturated rings. The largest absolute Gasteiger partial charge is 0.374 e. The highest BCUT2D eigenvalue weighted by molar-refractivity contribution is 5.93. The molecule has 2 atom stereocenters. The summed E-state index contributed by atoms with van der Waals surface area (Å²) in [5, 5.41) is 4.46. The van der Waals surface area contributed by atoms with Crippen molar-refractivity contribution in [3.63, 3.8) is 0 Å². The van der Waals surface area contributed by atoms with Crippen LogP contribution in [-0.4, -0.2) is 73.0 Å².